The van der Waals surface area contributed by atoms with E-state index in [1.807, 2.05) is 0 Å². The third-order valence-electron chi connectivity index (χ3n) is 3.70. The molecule has 0 radical (unpaired) electrons. The minimum Gasteiger partial charge on any atom is -0.493 e. The first-order valence-electron chi connectivity index (χ1n) is 6.96. The molecule has 0 aliphatic carbocycles. The van der Waals surface area contributed by atoms with Gasteiger partial charge in [0.25, 0.3) is 5.69 Å². The second-order valence-corrected chi connectivity index (χ2v) is 4.96. The van der Waals surface area contributed by atoms with Crippen LogP contribution >= 0.6 is 0 Å². The fourth-order valence-electron chi connectivity index (χ4n) is 2.56. The van der Waals surface area contributed by atoms with Crippen molar-refractivity contribution in [1.82, 2.24) is 4.90 Å². The fourth-order valence-corrected chi connectivity index (χ4v) is 2.56. The van der Waals surface area contributed by atoms with Gasteiger partial charge < -0.3 is 14.6 Å². The van der Waals surface area contributed by atoms with E-state index in [-0.39, 0.29) is 18.3 Å². The zero-order valence-corrected chi connectivity index (χ0v) is 12.0. The Kier molecular flexibility index (Phi) is 5.35. The molecule has 7 nitrogen and oxygen atoms in total. The van der Waals surface area contributed by atoms with Gasteiger partial charge in [0.15, 0.2) is 11.5 Å². The van der Waals surface area contributed by atoms with Gasteiger partial charge in [-0.2, -0.15) is 0 Å². The summed E-state index contributed by atoms with van der Waals surface area (Å²) in [6.45, 7) is 2.29. The van der Waals surface area contributed by atoms with Crippen LogP contribution in [-0.4, -0.2) is 54.4 Å². The van der Waals surface area contributed by atoms with Gasteiger partial charge in [0.05, 0.1) is 24.7 Å². The molecule has 1 heterocycles. The molecule has 1 saturated heterocycles. The van der Waals surface area contributed by atoms with E-state index < -0.39 is 4.92 Å². The Balaban J connectivity index is 1.92. The number of rotatable bonds is 7. The van der Waals surface area contributed by atoms with E-state index in [9.17, 15) is 15.2 Å². The topological polar surface area (TPSA) is 85.1 Å². The maximum atomic E-state index is 10.7. The van der Waals surface area contributed by atoms with E-state index in [0.29, 0.717) is 24.7 Å². The van der Waals surface area contributed by atoms with Gasteiger partial charge >= 0.3 is 0 Å². The Morgan fingerprint density at radius 2 is 2.29 bits per heavy atom. The van der Waals surface area contributed by atoms with Crippen molar-refractivity contribution in [3.05, 3.63) is 28.3 Å². The molecular formula is C14H20N2O5. The van der Waals surface area contributed by atoms with Gasteiger partial charge in [0.1, 0.15) is 6.61 Å². The number of nitro groups is 1. The molecule has 0 spiro atoms. The van der Waals surface area contributed by atoms with Gasteiger partial charge in [-0.15, -0.1) is 0 Å². The summed E-state index contributed by atoms with van der Waals surface area (Å²) in [5, 5.41) is 20.0. The summed E-state index contributed by atoms with van der Waals surface area (Å²) in [7, 11) is 1.45. The van der Waals surface area contributed by atoms with Crippen LogP contribution in [0.1, 0.15) is 12.8 Å². The smallest absolute Gasteiger partial charge is 0.273 e. The van der Waals surface area contributed by atoms with E-state index >= 15 is 0 Å². The van der Waals surface area contributed by atoms with Gasteiger partial charge in [0.2, 0.25) is 0 Å². The fraction of sp³-hybridized carbons (Fsp3) is 0.571. The number of methoxy groups -OCH3 is 1. The van der Waals surface area contributed by atoms with E-state index in [0.717, 1.165) is 19.4 Å². The van der Waals surface area contributed by atoms with Crippen LogP contribution in [0.25, 0.3) is 0 Å². The molecule has 0 aromatic heterocycles. The molecule has 0 saturated carbocycles. The number of ether oxygens (including phenoxy) is 2. The van der Waals surface area contributed by atoms with Crippen LogP contribution in [0.2, 0.25) is 0 Å². The first-order valence-corrected chi connectivity index (χ1v) is 6.96. The van der Waals surface area contributed by atoms with Gasteiger partial charge in [-0.1, -0.05) is 0 Å². The summed E-state index contributed by atoms with van der Waals surface area (Å²) in [5.74, 6) is 0.840. The molecule has 21 heavy (non-hydrogen) atoms. The third kappa shape index (κ3) is 3.83. The zero-order valence-electron chi connectivity index (χ0n) is 12.0. The van der Waals surface area contributed by atoms with Crippen LogP contribution < -0.4 is 9.47 Å². The van der Waals surface area contributed by atoms with Crippen molar-refractivity contribution >= 4 is 5.69 Å². The summed E-state index contributed by atoms with van der Waals surface area (Å²) in [6, 6.07) is 4.50. The van der Waals surface area contributed by atoms with Crippen LogP contribution in [0, 0.1) is 10.1 Å². The minimum atomic E-state index is -0.470. The summed E-state index contributed by atoms with van der Waals surface area (Å²) in [5.41, 5.74) is -0.0286. The molecule has 0 bridgehead atoms. The molecule has 2 rings (SSSR count). The Labute approximate surface area is 123 Å². The first-order chi connectivity index (χ1) is 10.2. The van der Waals surface area contributed by atoms with Crippen LogP contribution in [0.4, 0.5) is 5.69 Å². The summed E-state index contributed by atoms with van der Waals surface area (Å²) in [4.78, 5) is 12.4. The maximum absolute atomic E-state index is 10.7. The molecule has 1 aromatic carbocycles. The Morgan fingerprint density at radius 3 is 2.95 bits per heavy atom. The summed E-state index contributed by atoms with van der Waals surface area (Å²) in [6.07, 6.45) is 2.10. The Morgan fingerprint density at radius 1 is 1.48 bits per heavy atom. The van der Waals surface area contributed by atoms with Gasteiger partial charge in [-0.3, -0.25) is 15.0 Å². The lowest BCUT2D eigenvalue weighted by atomic mass is 10.2. The standard InChI is InChI=1S/C14H20N2O5/c1-20-14-9-11(16(18)19)4-5-13(14)21-8-7-15-6-2-3-12(15)10-17/h4-5,9,12,17H,2-3,6-8,10H2,1H3. The second-order valence-electron chi connectivity index (χ2n) is 4.96. The van der Waals surface area contributed by atoms with Crippen molar-refractivity contribution in [2.24, 2.45) is 0 Å². The Bertz CT molecular complexity index is 494. The number of non-ortho nitro benzene ring substituents is 1. The summed E-state index contributed by atoms with van der Waals surface area (Å²) < 4.78 is 10.8. The molecule has 1 unspecified atom stereocenters. The number of benzene rings is 1. The molecule has 7 heteroatoms. The molecule has 1 aliphatic heterocycles. The largest absolute Gasteiger partial charge is 0.493 e. The molecule has 116 valence electrons. The average molecular weight is 296 g/mol. The van der Waals surface area contributed by atoms with Crippen LogP contribution in [0.5, 0.6) is 11.5 Å². The highest BCUT2D eigenvalue weighted by molar-refractivity contribution is 5.48. The zero-order chi connectivity index (χ0) is 15.2. The molecule has 1 N–H and O–H groups in total. The number of nitrogens with zero attached hydrogens (tertiary/aromatic N) is 2. The van der Waals surface area contributed by atoms with Crippen molar-refractivity contribution in [2.75, 3.05) is 33.4 Å². The monoisotopic (exact) mass is 296 g/mol. The second kappa shape index (κ2) is 7.24. The molecular weight excluding hydrogens is 276 g/mol. The highest BCUT2D eigenvalue weighted by Gasteiger charge is 2.23. The van der Waals surface area contributed by atoms with Gasteiger partial charge in [-0.05, 0) is 25.5 Å². The SMILES string of the molecule is COc1cc([N+](=O)[O-])ccc1OCCN1CCCC1CO. The average Bonchev–Trinajstić information content (AvgIpc) is 2.94. The first kappa shape index (κ1) is 15.5. The normalized spacial score (nSPS) is 18.7. The summed E-state index contributed by atoms with van der Waals surface area (Å²) >= 11 is 0. The lowest BCUT2D eigenvalue weighted by Gasteiger charge is -2.22. The third-order valence-corrected chi connectivity index (χ3v) is 3.70. The lowest BCUT2D eigenvalue weighted by Crippen LogP contribution is -2.35. The number of aliphatic hydroxyl groups is 1. The number of likely N-dealkylation sites (tertiary alicyclic amines) is 1. The highest BCUT2D eigenvalue weighted by atomic mass is 16.6. The predicted octanol–water partition coefficient (Wildman–Crippen LogP) is 1.44. The quantitative estimate of drug-likeness (QED) is 0.605. The number of aliphatic hydroxyl groups excluding tert-OH is 1. The molecule has 1 atom stereocenters. The van der Waals surface area contributed by atoms with Crippen LogP contribution in [0.3, 0.4) is 0 Å². The van der Waals surface area contributed by atoms with Crippen molar-refractivity contribution in [3.8, 4) is 11.5 Å². The van der Waals surface area contributed by atoms with E-state index in [2.05, 4.69) is 4.90 Å². The molecule has 0 amide bonds. The van der Waals surface area contributed by atoms with Crippen molar-refractivity contribution in [3.63, 3.8) is 0 Å². The molecule has 1 aromatic rings. The Hall–Kier alpha value is -1.86. The van der Waals surface area contributed by atoms with E-state index in [1.54, 1.807) is 6.07 Å². The number of nitro benzene ring substituents is 1. The number of hydrogen-bond donors (Lipinski definition) is 1. The maximum Gasteiger partial charge on any atom is 0.273 e. The van der Waals surface area contributed by atoms with Crippen LogP contribution in [0.15, 0.2) is 18.2 Å². The van der Waals surface area contributed by atoms with Gasteiger partial charge in [0, 0.05) is 18.7 Å². The molecule has 1 fully saturated rings. The minimum absolute atomic E-state index is 0.0286. The van der Waals surface area contributed by atoms with E-state index in [4.69, 9.17) is 9.47 Å². The van der Waals surface area contributed by atoms with Gasteiger partial charge in [-0.25, -0.2) is 0 Å². The van der Waals surface area contributed by atoms with Crippen molar-refractivity contribution in [2.45, 2.75) is 18.9 Å². The van der Waals surface area contributed by atoms with Crippen molar-refractivity contribution in [1.29, 1.82) is 0 Å². The number of hydrogen-bond acceptors (Lipinski definition) is 6. The lowest BCUT2D eigenvalue weighted by molar-refractivity contribution is -0.384. The highest BCUT2D eigenvalue weighted by Crippen LogP contribution is 2.31. The van der Waals surface area contributed by atoms with Crippen molar-refractivity contribution < 1.29 is 19.5 Å². The predicted molar refractivity (Wildman–Crippen MR) is 76.8 cm³/mol. The molecule has 1 aliphatic rings. The van der Waals surface area contributed by atoms with E-state index in [1.165, 1.54) is 19.2 Å². The van der Waals surface area contributed by atoms with Crippen LogP contribution in [-0.2, 0) is 0 Å².